The van der Waals surface area contributed by atoms with Crippen LogP contribution in [0.1, 0.15) is 41.4 Å². The summed E-state index contributed by atoms with van der Waals surface area (Å²) in [5, 5.41) is 20.8. The molecule has 1 aliphatic heterocycles. The summed E-state index contributed by atoms with van der Waals surface area (Å²) >= 11 is 0. The van der Waals surface area contributed by atoms with Crippen LogP contribution < -0.4 is 9.47 Å². The highest BCUT2D eigenvalue weighted by Gasteiger charge is 2.40. The minimum absolute atomic E-state index is 0.00244. The zero-order chi connectivity index (χ0) is 18.8. The Morgan fingerprint density at radius 1 is 1.27 bits per heavy atom. The van der Waals surface area contributed by atoms with Crippen molar-refractivity contribution in [1.29, 1.82) is 0 Å². The monoisotopic (exact) mass is 354 g/mol. The van der Waals surface area contributed by atoms with Crippen molar-refractivity contribution >= 4 is 5.78 Å². The lowest BCUT2D eigenvalue weighted by molar-refractivity contribution is 0.0206. The second kappa shape index (κ2) is 7.22. The standard InChI is InChI=1S/C21H22O5/c1-12(2)9-10-14-16(25-3)11-15(22)17-18(23)19(24)20(26-21(14)17)13-7-5-4-6-8-13/h4-9,11,19-20,22,24H,10H2,1-3H3/t19-,20+/m0/s1. The van der Waals surface area contributed by atoms with Crippen LogP contribution in [0.25, 0.3) is 0 Å². The SMILES string of the molecule is COc1cc(O)c2c(c1CC=C(C)C)O[C@H](c1ccccc1)[C@@H](O)C2=O. The van der Waals surface area contributed by atoms with Crippen LogP contribution in [0, 0.1) is 0 Å². The highest BCUT2D eigenvalue weighted by Crippen LogP contribution is 2.45. The number of hydrogen-bond donors (Lipinski definition) is 2. The van der Waals surface area contributed by atoms with E-state index in [1.165, 1.54) is 13.2 Å². The maximum absolute atomic E-state index is 12.8. The molecule has 0 amide bonds. The van der Waals surface area contributed by atoms with Crippen molar-refractivity contribution in [1.82, 2.24) is 0 Å². The molecule has 2 aromatic rings. The third-order valence-corrected chi connectivity index (χ3v) is 4.43. The molecule has 0 aromatic heterocycles. The highest BCUT2D eigenvalue weighted by atomic mass is 16.5. The lowest BCUT2D eigenvalue weighted by Crippen LogP contribution is -2.36. The van der Waals surface area contributed by atoms with Crippen LogP contribution >= 0.6 is 0 Å². The number of carbonyl (C=O) groups excluding carboxylic acids is 1. The topological polar surface area (TPSA) is 76.0 Å². The molecule has 3 rings (SSSR count). The third-order valence-electron chi connectivity index (χ3n) is 4.43. The zero-order valence-electron chi connectivity index (χ0n) is 15.0. The Balaban J connectivity index is 2.17. The van der Waals surface area contributed by atoms with Crippen molar-refractivity contribution in [3.8, 4) is 17.2 Å². The van der Waals surface area contributed by atoms with Crippen molar-refractivity contribution in [2.24, 2.45) is 0 Å². The molecular formula is C21H22O5. The number of rotatable bonds is 4. The van der Waals surface area contributed by atoms with Crippen molar-refractivity contribution in [3.63, 3.8) is 0 Å². The van der Waals surface area contributed by atoms with E-state index in [4.69, 9.17) is 9.47 Å². The molecule has 5 nitrogen and oxygen atoms in total. The first-order valence-corrected chi connectivity index (χ1v) is 8.44. The van der Waals surface area contributed by atoms with Crippen LogP contribution in [0.5, 0.6) is 17.2 Å². The van der Waals surface area contributed by atoms with E-state index >= 15 is 0 Å². The minimum atomic E-state index is -1.39. The number of aliphatic hydroxyl groups excluding tert-OH is 1. The molecule has 2 N–H and O–H groups in total. The maximum atomic E-state index is 12.8. The summed E-state index contributed by atoms with van der Waals surface area (Å²) < 4.78 is 11.4. The van der Waals surface area contributed by atoms with Gasteiger partial charge >= 0.3 is 0 Å². The van der Waals surface area contributed by atoms with Gasteiger partial charge in [-0.05, 0) is 25.8 Å². The molecule has 1 heterocycles. The van der Waals surface area contributed by atoms with Gasteiger partial charge in [-0.2, -0.15) is 0 Å². The quantitative estimate of drug-likeness (QED) is 0.821. The summed E-state index contributed by atoms with van der Waals surface area (Å²) in [6.45, 7) is 3.95. The van der Waals surface area contributed by atoms with Gasteiger partial charge in [-0.3, -0.25) is 4.79 Å². The Morgan fingerprint density at radius 2 is 1.96 bits per heavy atom. The Labute approximate surface area is 152 Å². The first-order valence-electron chi connectivity index (χ1n) is 8.44. The second-order valence-electron chi connectivity index (χ2n) is 6.52. The first-order chi connectivity index (χ1) is 12.4. The summed E-state index contributed by atoms with van der Waals surface area (Å²) in [6, 6.07) is 10.5. The summed E-state index contributed by atoms with van der Waals surface area (Å²) in [5.41, 5.74) is 2.47. The summed E-state index contributed by atoms with van der Waals surface area (Å²) in [7, 11) is 1.50. The van der Waals surface area contributed by atoms with Gasteiger partial charge in [-0.25, -0.2) is 0 Å². The van der Waals surface area contributed by atoms with Crippen LogP contribution in [0.3, 0.4) is 0 Å². The van der Waals surface area contributed by atoms with Gasteiger partial charge < -0.3 is 19.7 Å². The highest BCUT2D eigenvalue weighted by molar-refractivity contribution is 6.06. The van der Waals surface area contributed by atoms with E-state index in [2.05, 4.69) is 0 Å². The molecule has 5 heteroatoms. The summed E-state index contributed by atoms with van der Waals surface area (Å²) in [4.78, 5) is 12.8. The van der Waals surface area contributed by atoms with Crippen molar-refractivity contribution in [3.05, 3.63) is 64.7 Å². The largest absolute Gasteiger partial charge is 0.507 e. The second-order valence-corrected chi connectivity index (χ2v) is 6.52. The van der Waals surface area contributed by atoms with Crippen LogP contribution in [0.4, 0.5) is 0 Å². The van der Waals surface area contributed by atoms with Gasteiger partial charge in [0.1, 0.15) is 22.8 Å². The smallest absolute Gasteiger partial charge is 0.202 e. The number of carbonyl (C=O) groups is 1. The number of aromatic hydroxyl groups is 1. The lowest BCUT2D eigenvalue weighted by Gasteiger charge is -2.32. The number of phenolic OH excluding ortho intramolecular Hbond substituents is 1. The van der Waals surface area contributed by atoms with Gasteiger partial charge in [-0.1, -0.05) is 42.0 Å². The van der Waals surface area contributed by atoms with Crippen molar-refractivity contribution in [2.75, 3.05) is 7.11 Å². The number of hydrogen-bond acceptors (Lipinski definition) is 5. The Morgan fingerprint density at radius 3 is 2.58 bits per heavy atom. The van der Waals surface area contributed by atoms with Gasteiger partial charge in [0.2, 0.25) is 5.78 Å². The maximum Gasteiger partial charge on any atom is 0.202 e. The van der Waals surface area contributed by atoms with Crippen molar-refractivity contribution in [2.45, 2.75) is 32.5 Å². The van der Waals surface area contributed by atoms with Crippen LogP contribution in [-0.4, -0.2) is 29.2 Å². The summed E-state index contributed by atoms with van der Waals surface area (Å²) in [5.74, 6) is -0.106. The molecule has 2 atom stereocenters. The predicted molar refractivity (Wildman–Crippen MR) is 97.9 cm³/mol. The van der Waals surface area contributed by atoms with Gasteiger partial charge in [0.25, 0.3) is 0 Å². The molecule has 1 aliphatic rings. The normalized spacial score (nSPS) is 18.7. The molecule has 0 unspecified atom stereocenters. The number of ketones is 1. The van der Waals surface area contributed by atoms with Gasteiger partial charge in [0.05, 0.1) is 7.11 Å². The molecule has 0 spiro atoms. The van der Waals surface area contributed by atoms with E-state index in [1.54, 1.807) is 12.1 Å². The number of ether oxygens (including phenoxy) is 2. The van der Waals surface area contributed by atoms with Gasteiger partial charge in [-0.15, -0.1) is 0 Å². The molecule has 0 fully saturated rings. The average Bonchev–Trinajstić information content (AvgIpc) is 2.63. The third kappa shape index (κ3) is 3.18. The van der Waals surface area contributed by atoms with Crippen LogP contribution in [0.15, 0.2) is 48.0 Å². The molecule has 2 aromatic carbocycles. The fourth-order valence-corrected chi connectivity index (χ4v) is 3.08. The van der Waals surface area contributed by atoms with E-state index in [9.17, 15) is 15.0 Å². The van der Waals surface area contributed by atoms with E-state index in [0.29, 0.717) is 23.3 Å². The Hall–Kier alpha value is -2.79. The van der Waals surface area contributed by atoms with Gasteiger partial charge in [0.15, 0.2) is 12.2 Å². The van der Waals surface area contributed by atoms with E-state index < -0.39 is 18.0 Å². The Bertz CT molecular complexity index is 850. The Kier molecular flexibility index (Phi) is 5.00. The van der Waals surface area contributed by atoms with Gasteiger partial charge in [0, 0.05) is 11.6 Å². The minimum Gasteiger partial charge on any atom is -0.507 e. The first kappa shape index (κ1) is 18.0. The number of fused-ring (bicyclic) bond motifs is 1. The predicted octanol–water partition coefficient (Wildman–Crippen LogP) is 3.59. The molecule has 0 radical (unpaired) electrons. The number of Topliss-reactive ketones (excluding diaryl/α,β-unsaturated/α-hetero) is 1. The number of benzene rings is 2. The summed E-state index contributed by atoms with van der Waals surface area (Å²) in [6.07, 6.45) is 0.249. The molecule has 26 heavy (non-hydrogen) atoms. The fourth-order valence-electron chi connectivity index (χ4n) is 3.08. The molecule has 136 valence electrons. The van der Waals surface area contributed by atoms with E-state index in [-0.39, 0.29) is 17.1 Å². The molecule has 0 aliphatic carbocycles. The van der Waals surface area contributed by atoms with E-state index in [1.807, 2.05) is 38.1 Å². The zero-order valence-corrected chi connectivity index (χ0v) is 15.0. The van der Waals surface area contributed by atoms with Crippen molar-refractivity contribution < 1.29 is 24.5 Å². The van der Waals surface area contributed by atoms with Crippen LogP contribution in [0.2, 0.25) is 0 Å². The number of methoxy groups -OCH3 is 1. The molecule has 0 bridgehead atoms. The molecule has 0 saturated carbocycles. The fraction of sp³-hybridized carbons (Fsp3) is 0.286. The average molecular weight is 354 g/mol. The lowest BCUT2D eigenvalue weighted by atomic mass is 9.90. The number of allylic oxidation sites excluding steroid dienone is 2. The number of phenols is 1. The number of aliphatic hydroxyl groups is 1. The molecule has 0 saturated heterocycles. The molecular weight excluding hydrogens is 332 g/mol. The van der Waals surface area contributed by atoms with E-state index in [0.717, 1.165) is 5.57 Å². The van der Waals surface area contributed by atoms with Crippen LogP contribution in [-0.2, 0) is 6.42 Å².